The van der Waals surface area contributed by atoms with Crippen LogP contribution >= 0.6 is 0 Å². The Kier molecular flexibility index (Phi) is 4.83. The molecule has 1 aromatic carbocycles. The normalized spacial score (nSPS) is 16.6. The van der Waals surface area contributed by atoms with Crippen molar-refractivity contribution in [3.63, 3.8) is 0 Å². The molecule has 0 saturated carbocycles. The molecule has 0 bridgehead atoms. The van der Waals surface area contributed by atoms with E-state index in [0.29, 0.717) is 0 Å². The van der Waals surface area contributed by atoms with Gasteiger partial charge in [0.2, 0.25) is 0 Å². The highest BCUT2D eigenvalue weighted by Crippen LogP contribution is 2.30. The van der Waals surface area contributed by atoms with Crippen molar-refractivity contribution in [3.8, 4) is 0 Å². The molecule has 106 valence electrons. The van der Waals surface area contributed by atoms with Gasteiger partial charge in [-0.3, -0.25) is 0 Å². The van der Waals surface area contributed by atoms with Crippen LogP contribution in [0.15, 0.2) is 18.2 Å². The molecule has 1 aliphatic heterocycles. The van der Waals surface area contributed by atoms with E-state index in [1.54, 1.807) is 0 Å². The first-order chi connectivity index (χ1) is 9.11. The first kappa shape index (κ1) is 14.4. The quantitative estimate of drug-likeness (QED) is 0.883. The van der Waals surface area contributed by atoms with Gasteiger partial charge in [0.15, 0.2) is 0 Å². The van der Waals surface area contributed by atoms with Crippen LogP contribution in [0.4, 0.5) is 5.69 Å². The van der Waals surface area contributed by atoms with Crippen LogP contribution in [0.2, 0.25) is 0 Å². The maximum atomic E-state index is 10.3. The summed E-state index contributed by atoms with van der Waals surface area (Å²) in [5, 5.41) is 10.3. The third kappa shape index (κ3) is 3.48. The fraction of sp³-hybridized carbons (Fsp3) is 0.625. The lowest BCUT2D eigenvalue weighted by atomic mass is 9.96. The molecule has 0 spiro atoms. The molecule has 0 aliphatic carbocycles. The smallest absolute Gasteiger partial charge is 0.0802 e. The van der Waals surface area contributed by atoms with Gasteiger partial charge in [-0.25, -0.2) is 0 Å². The molecule has 1 aliphatic rings. The number of fused-ring (bicyclic) bond motifs is 1. The Morgan fingerprint density at radius 1 is 1.37 bits per heavy atom. The maximum absolute atomic E-state index is 10.3. The molecule has 2 rings (SSSR count). The van der Waals surface area contributed by atoms with E-state index in [2.05, 4.69) is 34.9 Å². The third-order valence-corrected chi connectivity index (χ3v) is 3.93. The molecule has 3 heteroatoms. The van der Waals surface area contributed by atoms with Crippen LogP contribution < -0.4 is 4.90 Å². The van der Waals surface area contributed by atoms with Crippen LogP contribution in [0.1, 0.15) is 37.0 Å². The predicted molar refractivity (Wildman–Crippen MR) is 80.8 cm³/mol. The first-order valence-corrected chi connectivity index (χ1v) is 7.32. The highest BCUT2D eigenvalue weighted by Gasteiger charge is 2.17. The number of rotatable bonds is 5. The topological polar surface area (TPSA) is 26.7 Å². The molecule has 3 nitrogen and oxygen atoms in total. The van der Waals surface area contributed by atoms with E-state index in [4.69, 9.17) is 0 Å². The minimum atomic E-state index is -0.343. The number of nitrogens with zero attached hydrogens (tertiary/aromatic N) is 2. The molecular weight excluding hydrogens is 236 g/mol. The van der Waals surface area contributed by atoms with Crippen molar-refractivity contribution in [1.82, 2.24) is 4.90 Å². The lowest BCUT2D eigenvalue weighted by molar-refractivity contribution is 0.154. The largest absolute Gasteiger partial charge is 0.388 e. The average Bonchev–Trinajstić information content (AvgIpc) is 2.43. The third-order valence-electron chi connectivity index (χ3n) is 3.93. The predicted octanol–water partition coefficient (Wildman–Crippen LogP) is 2.44. The zero-order valence-corrected chi connectivity index (χ0v) is 12.4. The Morgan fingerprint density at radius 2 is 2.16 bits per heavy atom. The van der Waals surface area contributed by atoms with Gasteiger partial charge < -0.3 is 14.9 Å². The molecule has 1 heterocycles. The summed E-state index contributed by atoms with van der Waals surface area (Å²) in [6.45, 7) is 5.34. The monoisotopic (exact) mass is 262 g/mol. The van der Waals surface area contributed by atoms with Gasteiger partial charge in [0.05, 0.1) is 6.10 Å². The van der Waals surface area contributed by atoms with Gasteiger partial charge in [-0.15, -0.1) is 0 Å². The van der Waals surface area contributed by atoms with Crippen molar-refractivity contribution in [2.24, 2.45) is 0 Å². The summed E-state index contributed by atoms with van der Waals surface area (Å²) in [6.07, 6.45) is 2.81. The SMILES string of the molecule is CCN1CCCc2cc(C(O)CCN(C)C)ccc21. The van der Waals surface area contributed by atoms with Crippen LogP contribution in [0.25, 0.3) is 0 Å². The van der Waals surface area contributed by atoms with Crippen molar-refractivity contribution >= 4 is 5.69 Å². The molecule has 1 N–H and O–H groups in total. The van der Waals surface area contributed by atoms with E-state index in [9.17, 15) is 5.11 Å². The van der Waals surface area contributed by atoms with E-state index in [1.807, 2.05) is 14.1 Å². The summed E-state index contributed by atoms with van der Waals surface area (Å²) in [4.78, 5) is 4.54. The Bertz CT molecular complexity index is 417. The van der Waals surface area contributed by atoms with E-state index in [0.717, 1.165) is 38.0 Å². The fourth-order valence-electron chi connectivity index (χ4n) is 2.78. The van der Waals surface area contributed by atoms with Crippen molar-refractivity contribution in [3.05, 3.63) is 29.3 Å². The van der Waals surface area contributed by atoms with Gasteiger partial charge >= 0.3 is 0 Å². The Labute approximate surface area is 116 Å². The molecule has 1 unspecified atom stereocenters. The number of benzene rings is 1. The highest BCUT2D eigenvalue weighted by molar-refractivity contribution is 5.57. The molecule has 1 atom stereocenters. The van der Waals surface area contributed by atoms with Crippen LogP contribution in [-0.2, 0) is 6.42 Å². The minimum absolute atomic E-state index is 0.343. The number of aliphatic hydroxyl groups is 1. The van der Waals surface area contributed by atoms with Crippen LogP contribution in [0.3, 0.4) is 0 Å². The minimum Gasteiger partial charge on any atom is -0.388 e. The van der Waals surface area contributed by atoms with Crippen molar-refractivity contribution in [1.29, 1.82) is 0 Å². The summed E-state index contributed by atoms with van der Waals surface area (Å²) >= 11 is 0. The number of anilines is 1. The standard InChI is InChI=1S/C16H26N2O/c1-4-18-10-5-6-13-12-14(7-8-15(13)18)16(19)9-11-17(2)3/h7-8,12,16,19H,4-6,9-11H2,1-3H3. The Morgan fingerprint density at radius 3 is 2.84 bits per heavy atom. The molecular formula is C16H26N2O. The number of hydrogen-bond donors (Lipinski definition) is 1. The molecule has 0 saturated heterocycles. The Hall–Kier alpha value is -1.06. The first-order valence-electron chi connectivity index (χ1n) is 7.32. The van der Waals surface area contributed by atoms with Gasteiger partial charge in [-0.05, 0) is 57.5 Å². The van der Waals surface area contributed by atoms with E-state index in [1.165, 1.54) is 17.7 Å². The Balaban J connectivity index is 2.12. The fourth-order valence-corrected chi connectivity index (χ4v) is 2.78. The average molecular weight is 262 g/mol. The van der Waals surface area contributed by atoms with Crippen molar-refractivity contribution < 1.29 is 5.11 Å². The van der Waals surface area contributed by atoms with Crippen molar-refractivity contribution in [2.75, 3.05) is 38.6 Å². The van der Waals surface area contributed by atoms with E-state index in [-0.39, 0.29) is 6.10 Å². The second-order valence-corrected chi connectivity index (χ2v) is 5.68. The number of aliphatic hydroxyl groups excluding tert-OH is 1. The molecule has 0 aromatic heterocycles. The summed E-state index contributed by atoms with van der Waals surface area (Å²) in [7, 11) is 4.08. The second-order valence-electron chi connectivity index (χ2n) is 5.68. The number of hydrogen-bond acceptors (Lipinski definition) is 3. The number of aryl methyl sites for hydroxylation is 1. The molecule has 1 aromatic rings. The lowest BCUT2D eigenvalue weighted by Gasteiger charge is -2.31. The second kappa shape index (κ2) is 6.40. The zero-order chi connectivity index (χ0) is 13.8. The van der Waals surface area contributed by atoms with Gasteiger partial charge in [0, 0.05) is 25.3 Å². The lowest BCUT2D eigenvalue weighted by Crippen LogP contribution is -2.29. The maximum Gasteiger partial charge on any atom is 0.0802 e. The van der Waals surface area contributed by atoms with E-state index < -0.39 is 0 Å². The molecule has 0 amide bonds. The molecule has 19 heavy (non-hydrogen) atoms. The van der Waals surface area contributed by atoms with Gasteiger partial charge in [-0.1, -0.05) is 12.1 Å². The summed E-state index contributed by atoms with van der Waals surface area (Å²) < 4.78 is 0. The van der Waals surface area contributed by atoms with Crippen molar-refractivity contribution in [2.45, 2.75) is 32.3 Å². The highest BCUT2D eigenvalue weighted by atomic mass is 16.3. The summed E-state index contributed by atoms with van der Waals surface area (Å²) in [5.41, 5.74) is 3.82. The van der Waals surface area contributed by atoms with Crippen LogP contribution in [-0.4, -0.2) is 43.7 Å². The summed E-state index contributed by atoms with van der Waals surface area (Å²) in [6, 6.07) is 6.48. The molecule has 0 radical (unpaired) electrons. The zero-order valence-electron chi connectivity index (χ0n) is 12.4. The van der Waals surface area contributed by atoms with Gasteiger partial charge in [0.25, 0.3) is 0 Å². The van der Waals surface area contributed by atoms with E-state index >= 15 is 0 Å². The molecule has 0 fully saturated rings. The van der Waals surface area contributed by atoms with Crippen LogP contribution in [0, 0.1) is 0 Å². The van der Waals surface area contributed by atoms with Gasteiger partial charge in [0.1, 0.15) is 0 Å². The summed E-state index contributed by atoms with van der Waals surface area (Å²) in [5.74, 6) is 0. The van der Waals surface area contributed by atoms with Gasteiger partial charge in [-0.2, -0.15) is 0 Å². The van der Waals surface area contributed by atoms with Crippen LogP contribution in [0.5, 0.6) is 0 Å².